The Balaban J connectivity index is 2.69. The number of urea groups is 1. The minimum absolute atomic E-state index is 0.236. The number of rotatable bonds is 3. The highest BCUT2D eigenvalue weighted by Gasteiger charge is 2.03. The largest absolute Gasteiger partial charge is 0.389 e. The Morgan fingerprint density at radius 1 is 1.53 bits per heavy atom. The molecular weight excluding hydrogens is 192 g/mol. The number of nitrogens with one attached hydrogen (secondary N) is 2. The van der Waals surface area contributed by atoms with E-state index in [4.69, 9.17) is 0 Å². The molecule has 0 aliphatic rings. The number of carbonyl (C=O) groups is 1. The van der Waals surface area contributed by atoms with Crippen molar-refractivity contribution in [1.82, 2.24) is 5.32 Å². The predicted octanol–water partition coefficient (Wildman–Crippen LogP) is 1.88. The molecule has 0 spiro atoms. The third kappa shape index (κ3) is 3.59. The first-order valence-electron chi connectivity index (χ1n) is 4.96. The van der Waals surface area contributed by atoms with Gasteiger partial charge in [0.2, 0.25) is 0 Å². The fourth-order valence-electron chi connectivity index (χ4n) is 1.21. The zero-order chi connectivity index (χ0) is 11.3. The van der Waals surface area contributed by atoms with Crippen molar-refractivity contribution in [3.8, 4) is 0 Å². The molecule has 82 valence electrons. The highest BCUT2D eigenvalue weighted by atomic mass is 16.3. The van der Waals surface area contributed by atoms with E-state index < -0.39 is 6.10 Å². The molecule has 0 aromatic heterocycles. The van der Waals surface area contributed by atoms with Gasteiger partial charge in [0, 0.05) is 12.2 Å². The monoisotopic (exact) mass is 208 g/mol. The van der Waals surface area contributed by atoms with Crippen molar-refractivity contribution >= 4 is 11.7 Å². The van der Waals surface area contributed by atoms with E-state index in [1.54, 1.807) is 25.1 Å². The van der Waals surface area contributed by atoms with Crippen LogP contribution in [0.4, 0.5) is 10.5 Å². The van der Waals surface area contributed by atoms with Crippen LogP contribution in [0.3, 0.4) is 0 Å². The summed E-state index contributed by atoms with van der Waals surface area (Å²) >= 11 is 0. The lowest BCUT2D eigenvalue weighted by atomic mass is 10.1. The van der Waals surface area contributed by atoms with Crippen molar-refractivity contribution in [2.24, 2.45) is 0 Å². The number of anilines is 1. The second-order valence-corrected chi connectivity index (χ2v) is 3.29. The summed E-state index contributed by atoms with van der Waals surface area (Å²) in [6.45, 7) is 4.12. The van der Waals surface area contributed by atoms with Crippen molar-refractivity contribution in [3.05, 3.63) is 29.8 Å². The molecule has 0 heterocycles. The zero-order valence-corrected chi connectivity index (χ0v) is 8.95. The SMILES string of the molecule is CCNC(=O)Nc1cccc(C(C)O)c1. The van der Waals surface area contributed by atoms with E-state index in [0.29, 0.717) is 12.2 Å². The van der Waals surface area contributed by atoms with Crippen LogP contribution in [-0.2, 0) is 0 Å². The van der Waals surface area contributed by atoms with Crippen molar-refractivity contribution in [1.29, 1.82) is 0 Å². The van der Waals surface area contributed by atoms with Crippen LogP contribution in [0.1, 0.15) is 25.5 Å². The van der Waals surface area contributed by atoms with Crippen LogP contribution in [0, 0.1) is 0 Å². The number of aliphatic hydroxyl groups is 1. The summed E-state index contributed by atoms with van der Waals surface area (Å²) in [5.41, 5.74) is 1.46. The van der Waals surface area contributed by atoms with E-state index in [2.05, 4.69) is 10.6 Å². The molecule has 1 aromatic carbocycles. The van der Waals surface area contributed by atoms with E-state index in [9.17, 15) is 9.90 Å². The Morgan fingerprint density at radius 3 is 2.87 bits per heavy atom. The summed E-state index contributed by atoms with van der Waals surface area (Å²) in [6.07, 6.45) is -0.527. The van der Waals surface area contributed by atoms with Gasteiger partial charge in [0.15, 0.2) is 0 Å². The lowest BCUT2D eigenvalue weighted by molar-refractivity contribution is 0.199. The minimum atomic E-state index is -0.527. The standard InChI is InChI=1S/C11H16N2O2/c1-3-12-11(15)13-10-6-4-5-9(7-10)8(2)14/h4-8,14H,3H2,1-2H3,(H2,12,13,15). The van der Waals surface area contributed by atoms with E-state index in [-0.39, 0.29) is 6.03 Å². The highest BCUT2D eigenvalue weighted by Crippen LogP contribution is 2.16. The fraction of sp³-hybridized carbons (Fsp3) is 0.364. The van der Waals surface area contributed by atoms with E-state index in [1.807, 2.05) is 13.0 Å². The molecule has 1 rings (SSSR count). The van der Waals surface area contributed by atoms with Gasteiger partial charge < -0.3 is 15.7 Å². The summed E-state index contributed by atoms with van der Waals surface area (Å²) in [5.74, 6) is 0. The van der Waals surface area contributed by atoms with Crippen LogP contribution in [0.15, 0.2) is 24.3 Å². The first-order valence-corrected chi connectivity index (χ1v) is 4.96. The average Bonchev–Trinajstić information content (AvgIpc) is 2.18. The molecule has 1 unspecified atom stereocenters. The Bertz CT molecular complexity index is 337. The average molecular weight is 208 g/mol. The molecule has 0 bridgehead atoms. The van der Waals surface area contributed by atoms with Crippen molar-refractivity contribution in [2.75, 3.05) is 11.9 Å². The van der Waals surface area contributed by atoms with Gasteiger partial charge in [-0.3, -0.25) is 0 Å². The number of carbonyl (C=O) groups excluding carboxylic acids is 1. The van der Waals surface area contributed by atoms with Crippen LogP contribution in [0.2, 0.25) is 0 Å². The summed E-state index contributed by atoms with van der Waals surface area (Å²) in [6, 6.07) is 6.90. The Labute approximate surface area is 89.3 Å². The lowest BCUT2D eigenvalue weighted by Crippen LogP contribution is -2.28. The summed E-state index contributed by atoms with van der Waals surface area (Å²) in [7, 11) is 0. The van der Waals surface area contributed by atoms with Gasteiger partial charge in [0.1, 0.15) is 0 Å². The number of amides is 2. The van der Waals surface area contributed by atoms with E-state index in [1.165, 1.54) is 0 Å². The maximum Gasteiger partial charge on any atom is 0.319 e. The molecule has 0 aliphatic carbocycles. The second-order valence-electron chi connectivity index (χ2n) is 3.29. The van der Waals surface area contributed by atoms with Gasteiger partial charge in [-0.25, -0.2) is 4.79 Å². The molecule has 0 radical (unpaired) electrons. The van der Waals surface area contributed by atoms with Crippen molar-refractivity contribution in [2.45, 2.75) is 20.0 Å². The number of aliphatic hydroxyl groups excluding tert-OH is 1. The smallest absolute Gasteiger partial charge is 0.319 e. The minimum Gasteiger partial charge on any atom is -0.389 e. The second kappa shape index (κ2) is 5.36. The lowest BCUT2D eigenvalue weighted by Gasteiger charge is -2.09. The molecule has 3 N–H and O–H groups in total. The molecule has 4 nitrogen and oxygen atoms in total. The molecule has 2 amide bonds. The maximum atomic E-state index is 11.2. The van der Waals surface area contributed by atoms with Gasteiger partial charge in [-0.2, -0.15) is 0 Å². The predicted molar refractivity (Wildman–Crippen MR) is 59.8 cm³/mol. The molecule has 1 atom stereocenters. The first kappa shape index (κ1) is 11.5. The van der Waals surface area contributed by atoms with Crippen molar-refractivity contribution in [3.63, 3.8) is 0 Å². The Hall–Kier alpha value is -1.55. The normalized spacial score (nSPS) is 11.9. The number of hydrogen-bond donors (Lipinski definition) is 3. The van der Waals surface area contributed by atoms with Gasteiger partial charge in [-0.1, -0.05) is 12.1 Å². The van der Waals surface area contributed by atoms with E-state index >= 15 is 0 Å². The third-order valence-electron chi connectivity index (χ3n) is 1.96. The highest BCUT2D eigenvalue weighted by molar-refractivity contribution is 5.89. The van der Waals surface area contributed by atoms with Crippen LogP contribution < -0.4 is 10.6 Å². The Morgan fingerprint density at radius 2 is 2.27 bits per heavy atom. The molecule has 0 saturated heterocycles. The van der Waals surface area contributed by atoms with Crippen LogP contribution in [0.5, 0.6) is 0 Å². The van der Waals surface area contributed by atoms with E-state index in [0.717, 1.165) is 5.56 Å². The van der Waals surface area contributed by atoms with Crippen LogP contribution in [0.25, 0.3) is 0 Å². The quantitative estimate of drug-likeness (QED) is 0.710. The molecule has 0 aliphatic heterocycles. The molecular formula is C11H16N2O2. The van der Waals surface area contributed by atoms with Gasteiger partial charge in [-0.05, 0) is 31.5 Å². The topological polar surface area (TPSA) is 61.4 Å². The van der Waals surface area contributed by atoms with Crippen LogP contribution >= 0.6 is 0 Å². The van der Waals surface area contributed by atoms with Crippen LogP contribution in [-0.4, -0.2) is 17.7 Å². The van der Waals surface area contributed by atoms with Gasteiger partial charge in [0.25, 0.3) is 0 Å². The summed E-state index contributed by atoms with van der Waals surface area (Å²) < 4.78 is 0. The fourth-order valence-corrected chi connectivity index (χ4v) is 1.21. The van der Waals surface area contributed by atoms with Gasteiger partial charge in [0.05, 0.1) is 6.10 Å². The molecule has 1 aromatic rings. The van der Waals surface area contributed by atoms with Crippen molar-refractivity contribution < 1.29 is 9.90 Å². The summed E-state index contributed by atoms with van der Waals surface area (Å²) in [5, 5.41) is 14.7. The number of benzene rings is 1. The molecule has 0 fully saturated rings. The third-order valence-corrected chi connectivity index (χ3v) is 1.96. The first-order chi connectivity index (χ1) is 7.13. The summed E-state index contributed by atoms with van der Waals surface area (Å²) in [4.78, 5) is 11.2. The molecule has 4 heteroatoms. The maximum absolute atomic E-state index is 11.2. The zero-order valence-electron chi connectivity index (χ0n) is 8.95. The van der Waals surface area contributed by atoms with Gasteiger partial charge >= 0.3 is 6.03 Å². The number of hydrogen-bond acceptors (Lipinski definition) is 2. The van der Waals surface area contributed by atoms with Gasteiger partial charge in [-0.15, -0.1) is 0 Å². The molecule has 15 heavy (non-hydrogen) atoms. The Kier molecular flexibility index (Phi) is 4.12. The molecule has 0 saturated carbocycles.